The number of nitrogens with two attached hydrogens (primary N) is 1. The average molecular weight is 279 g/mol. The minimum absolute atomic E-state index is 0.127. The Morgan fingerprint density at radius 2 is 1.90 bits per heavy atom. The highest BCUT2D eigenvalue weighted by Gasteiger charge is 2.15. The molecule has 5 nitrogen and oxygen atoms in total. The largest absolute Gasteiger partial charge is 0.409 e. The highest BCUT2D eigenvalue weighted by molar-refractivity contribution is 5.97. The Hall–Kier alpha value is -1.75. The highest BCUT2D eigenvalue weighted by Crippen LogP contribution is 2.21. The number of amidine groups is 1. The van der Waals surface area contributed by atoms with Crippen molar-refractivity contribution in [1.82, 2.24) is 0 Å². The molecule has 0 amide bonds. The molecule has 0 aliphatic heterocycles. The molecule has 1 rings (SSSR count). The molecule has 0 spiro atoms. The second-order valence-corrected chi connectivity index (χ2v) is 4.69. The number of oxime groups is 1. The Bertz CT molecular complexity index is 414. The normalized spacial score (nSPS) is 11.9. The lowest BCUT2D eigenvalue weighted by Crippen LogP contribution is -2.37. The van der Waals surface area contributed by atoms with Gasteiger partial charge in [-0.1, -0.05) is 19.0 Å². The van der Waals surface area contributed by atoms with Gasteiger partial charge in [0.2, 0.25) is 0 Å². The van der Waals surface area contributed by atoms with Crippen LogP contribution in [0.5, 0.6) is 0 Å². The molecule has 0 fully saturated rings. The van der Waals surface area contributed by atoms with Gasteiger partial charge in [-0.25, -0.2) is 0 Å². The fourth-order valence-corrected chi connectivity index (χ4v) is 2.32. The zero-order valence-corrected chi connectivity index (χ0v) is 12.5. The van der Waals surface area contributed by atoms with E-state index in [1.807, 2.05) is 24.3 Å². The number of anilines is 1. The standard InChI is InChI=1S/C15H25N3O2/c1-4-13(5-2)18(10-11-20-3)14-8-6-12(7-9-14)15(16)17-19/h6-9,13,19H,4-5,10-11H2,1-3H3,(H2,16,17). The molecule has 0 aliphatic carbocycles. The topological polar surface area (TPSA) is 71.1 Å². The van der Waals surface area contributed by atoms with Crippen molar-refractivity contribution in [2.45, 2.75) is 32.7 Å². The summed E-state index contributed by atoms with van der Waals surface area (Å²) in [4.78, 5) is 2.35. The summed E-state index contributed by atoms with van der Waals surface area (Å²) in [6.07, 6.45) is 2.17. The van der Waals surface area contributed by atoms with E-state index >= 15 is 0 Å². The summed E-state index contributed by atoms with van der Waals surface area (Å²) in [6.45, 7) is 5.93. The van der Waals surface area contributed by atoms with E-state index in [1.54, 1.807) is 7.11 Å². The molecule has 0 aliphatic rings. The van der Waals surface area contributed by atoms with E-state index in [0.717, 1.165) is 25.1 Å². The number of hydrogen-bond acceptors (Lipinski definition) is 4. The van der Waals surface area contributed by atoms with Crippen LogP contribution in [0.2, 0.25) is 0 Å². The molecule has 0 aromatic heterocycles. The van der Waals surface area contributed by atoms with Crippen molar-refractivity contribution in [3.05, 3.63) is 29.8 Å². The van der Waals surface area contributed by atoms with Crippen molar-refractivity contribution in [3.63, 3.8) is 0 Å². The zero-order valence-electron chi connectivity index (χ0n) is 12.5. The maximum Gasteiger partial charge on any atom is 0.170 e. The molecule has 1 aromatic carbocycles. The molecule has 0 atom stereocenters. The molecule has 0 bridgehead atoms. The van der Waals surface area contributed by atoms with Gasteiger partial charge in [-0.2, -0.15) is 0 Å². The first-order chi connectivity index (χ1) is 9.67. The van der Waals surface area contributed by atoms with Crippen molar-refractivity contribution in [1.29, 1.82) is 0 Å². The van der Waals surface area contributed by atoms with E-state index < -0.39 is 0 Å². The van der Waals surface area contributed by atoms with Crippen molar-refractivity contribution in [2.75, 3.05) is 25.2 Å². The lowest BCUT2D eigenvalue weighted by molar-refractivity contribution is 0.202. The molecule has 0 unspecified atom stereocenters. The van der Waals surface area contributed by atoms with Gasteiger partial charge in [0, 0.05) is 30.9 Å². The molecule has 0 saturated heterocycles. The lowest BCUT2D eigenvalue weighted by Gasteiger charge is -2.32. The molecule has 112 valence electrons. The molecule has 0 heterocycles. The van der Waals surface area contributed by atoms with Gasteiger partial charge >= 0.3 is 0 Å². The van der Waals surface area contributed by atoms with Crippen LogP contribution in [-0.2, 0) is 4.74 Å². The van der Waals surface area contributed by atoms with Gasteiger partial charge in [0.1, 0.15) is 0 Å². The van der Waals surface area contributed by atoms with E-state index in [1.165, 1.54) is 0 Å². The van der Waals surface area contributed by atoms with Gasteiger partial charge < -0.3 is 20.6 Å². The predicted molar refractivity (Wildman–Crippen MR) is 82.5 cm³/mol. The van der Waals surface area contributed by atoms with Crippen molar-refractivity contribution in [3.8, 4) is 0 Å². The second kappa shape index (κ2) is 8.43. The molecule has 5 heteroatoms. The summed E-state index contributed by atoms with van der Waals surface area (Å²) in [6, 6.07) is 8.22. The zero-order chi connectivity index (χ0) is 15.0. The van der Waals surface area contributed by atoms with Crippen LogP contribution in [0.1, 0.15) is 32.3 Å². The molecule has 3 N–H and O–H groups in total. The molecule has 20 heavy (non-hydrogen) atoms. The Labute approximate surface area is 121 Å². The van der Waals surface area contributed by atoms with Crippen LogP contribution in [-0.4, -0.2) is 37.3 Å². The first kappa shape index (κ1) is 16.3. The van der Waals surface area contributed by atoms with E-state index in [2.05, 4.69) is 23.9 Å². The van der Waals surface area contributed by atoms with Gasteiger partial charge in [-0.15, -0.1) is 0 Å². The van der Waals surface area contributed by atoms with Crippen LogP contribution in [0.25, 0.3) is 0 Å². The minimum Gasteiger partial charge on any atom is -0.409 e. The number of hydrogen-bond donors (Lipinski definition) is 2. The molecule has 0 radical (unpaired) electrons. The van der Waals surface area contributed by atoms with Crippen LogP contribution < -0.4 is 10.6 Å². The van der Waals surface area contributed by atoms with Crippen LogP contribution in [0.3, 0.4) is 0 Å². The van der Waals surface area contributed by atoms with Crippen molar-refractivity contribution >= 4 is 11.5 Å². The first-order valence-corrected chi connectivity index (χ1v) is 7.01. The Morgan fingerprint density at radius 1 is 1.30 bits per heavy atom. The monoisotopic (exact) mass is 279 g/mol. The quantitative estimate of drug-likeness (QED) is 0.332. The van der Waals surface area contributed by atoms with E-state index in [-0.39, 0.29) is 5.84 Å². The smallest absolute Gasteiger partial charge is 0.170 e. The number of rotatable bonds is 8. The van der Waals surface area contributed by atoms with E-state index in [4.69, 9.17) is 15.7 Å². The third-order valence-electron chi connectivity index (χ3n) is 3.52. The highest BCUT2D eigenvalue weighted by atomic mass is 16.5. The van der Waals surface area contributed by atoms with Crippen molar-refractivity contribution in [2.24, 2.45) is 10.9 Å². The van der Waals surface area contributed by atoms with Gasteiger partial charge in [0.05, 0.1) is 6.61 Å². The Morgan fingerprint density at radius 3 is 2.35 bits per heavy atom. The molecular weight excluding hydrogens is 254 g/mol. The van der Waals surface area contributed by atoms with Crippen LogP contribution in [0.4, 0.5) is 5.69 Å². The average Bonchev–Trinajstić information content (AvgIpc) is 2.51. The summed E-state index contributed by atoms with van der Waals surface area (Å²) in [5.74, 6) is 0.127. The molecular formula is C15H25N3O2. The summed E-state index contributed by atoms with van der Waals surface area (Å²) in [5, 5.41) is 11.7. The summed E-state index contributed by atoms with van der Waals surface area (Å²) in [7, 11) is 1.71. The minimum atomic E-state index is 0.127. The predicted octanol–water partition coefficient (Wildman–Crippen LogP) is 2.42. The van der Waals surface area contributed by atoms with E-state index in [9.17, 15) is 0 Å². The lowest BCUT2D eigenvalue weighted by atomic mass is 10.1. The van der Waals surface area contributed by atoms with Gasteiger partial charge in [-0.05, 0) is 37.1 Å². The summed E-state index contributed by atoms with van der Waals surface area (Å²) >= 11 is 0. The van der Waals surface area contributed by atoms with Crippen LogP contribution in [0.15, 0.2) is 29.4 Å². The van der Waals surface area contributed by atoms with Crippen molar-refractivity contribution < 1.29 is 9.94 Å². The fraction of sp³-hybridized carbons (Fsp3) is 0.533. The summed E-state index contributed by atoms with van der Waals surface area (Å²) < 4.78 is 5.20. The maximum absolute atomic E-state index is 8.68. The summed E-state index contributed by atoms with van der Waals surface area (Å²) in [5.41, 5.74) is 7.42. The number of benzene rings is 1. The van der Waals surface area contributed by atoms with Crippen LogP contribution in [0, 0.1) is 0 Å². The maximum atomic E-state index is 8.68. The third kappa shape index (κ3) is 4.13. The van der Waals surface area contributed by atoms with Gasteiger partial charge in [0.15, 0.2) is 5.84 Å². The molecule has 0 saturated carbocycles. The SMILES string of the molecule is CCC(CC)N(CCOC)c1ccc(C(N)=NO)cc1. The molecule has 1 aromatic rings. The first-order valence-electron chi connectivity index (χ1n) is 7.01. The third-order valence-corrected chi connectivity index (χ3v) is 3.52. The second-order valence-electron chi connectivity index (χ2n) is 4.69. The fourth-order valence-electron chi connectivity index (χ4n) is 2.32. The Kier molecular flexibility index (Phi) is 6.87. The van der Waals surface area contributed by atoms with E-state index in [0.29, 0.717) is 18.2 Å². The number of ether oxygens (including phenoxy) is 1. The Balaban J connectivity index is 2.95. The van der Waals surface area contributed by atoms with Crippen LogP contribution >= 0.6 is 0 Å². The van der Waals surface area contributed by atoms with Gasteiger partial charge in [-0.3, -0.25) is 0 Å². The van der Waals surface area contributed by atoms with Gasteiger partial charge in [0.25, 0.3) is 0 Å². The number of nitrogens with zero attached hydrogens (tertiary/aromatic N) is 2. The number of methoxy groups -OCH3 is 1.